The third kappa shape index (κ3) is 2.92. The lowest BCUT2D eigenvalue weighted by atomic mass is 10.1. The number of aromatic amines is 1. The Bertz CT molecular complexity index is 973. The van der Waals surface area contributed by atoms with E-state index in [0.717, 1.165) is 36.0 Å². The quantitative estimate of drug-likeness (QED) is 0.795. The second kappa shape index (κ2) is 5.06. The van der Waals surface area contributed by atoms with Gasteiger partial charge in [-0.15, -0.1) is 0 Å². The van der Waals surface area contributed by atoms with Crippen molar-refractivity contribution in [3.8, 4) is 16.9 Å². The molecule has 1 fully saturated rings. The fourth-order valence-electron chi connectivity index (χ4n) is 2.32. The van der Waals surface area contributed by atoms with Crippen molar-refractivity contribution in [2.24, 2.45) is 0 Å². The van der Waals surface area contributed by atoms with E-state index in [4.69, 9.17) is 4.74 Å². The summed E-state index contributed by atoms with van der Waals surface area (Å²) in [5.74, 6) is 0.867. The molecule has 118 valence electrons. The van der Waals surface area contributed by atoms with E-state index in [1.54, 1.807) is 6.20 Å². The maximum atomic E-state index is 11.6. The fourth-order valence-corrected chi connectivity index (χ4v) is 2.86. The Labute approximate surface area is 133 Å². The molecule has 0 atom stereocenters. The lowest BCUT2D eigenvalue weighted by Crippen LogP contribution is -1.98. The molecule has 0 amide bonds. The zero-order chi connectivity index (χ0) is 16.0. The van der Waals surface area contributed by atoms with E-state index in [1.165, 1.54) is 0 Å². The first-order chi connectivity index (χ1) is 11.0. The van der Waals surface area contributed by atoms with Crippen LogP contribution < -0.4 is 4.74 Å². The molecule has 3 aromatic rings. The summed E-state index contributed by atoms with van der Waals surface area (Å²) in [6.45, 7) is 0. The number of nitrogens with one attached hydrogen (secondary N) is 1. The van der Waals surface area contributed by atoms with Gasteiger partial charge in [-0.1, -0.05) is 12.1 Å². The number of ether oxygens (including phenoxy) is 1. The average Bonchev–Trinajstić information content (AvgIpc) is 3.21. The Morgan fingerprint density at radius 3 is 2.57 bits per heavy atom. The summed E-state index contributed by atoms with van der Waals surface area (Å²) in [5, 5.41) is -0.0645. The number of H-pyrrole nitrogens is 1. The van der Waals surface area contributed by atoms with Gasteiger partial charge in [-0.25, -0.2) is 13.4 Å². The molecule has 0 radical (unpaired) electrons. The van der Waals surface area contributed by atoms with Crippen LogP contribution in [0.15, 0.2) is 41.7 Å². The first kappa shape index (κ1) is 14.2. The molecule has 1 aromatic carbocycles. The second-order valence-corrected chi connectivity index (χ2v) is 7.68. The molecular formula is C16H15N3O3S. The Morgan fingerprint density at radius 2 is 1.91 bits per heavy atom. The highest BCUT2D eigenvalue weighted by Crippen LogP contribution is 2.29. The summed E-state index contributed by atoms with van der Waals surface area (Å²) in [7, 11) is -3.38. The molecule has 2 aromatic heterocycles. The third-order valence-corrected chi connectivity index (χ3v) is 4.58. The van der Waals surface area contributed by atoms with Crippen molar-refractivity contribution in [3.63, 3.8) is 0 Å². The van der Waals surface area contributed by atoms with E-state index in [-0.39, 0.29) is 5.16 Å². The second-order valence-electron chi connectivity index (χ2n) is 5.75. The third-order valence-electron chi connectivity index (χ3n) is 3.68. The molecule has 2 heterocycles. The standard InChI is InChI=1S/C16H15N3O3S/c1-23(20,21)16-18-14-8-11(9-17-15(14)19-16)10-2-4-12(5-3-10)22-13-6-7-13/h2-5,8-9,13H,6-7H2,1H3,(H,17,18,19). The molecule has 4 rings (SSSR count). The van der Waals surface area contributed by atoms with Crippen LogP contribution in [0.2, 0.25) is 0 Å². The minimum Gasteiger partial charge on any atom is -0.490 e. The minimum atomic E-state index is -3.38. The molecule has 0 spiro atoms. The maximum absolute atomic E-state index is 11.6. The molecule has 6 nitrogen and oxygen atoms in total. The van der Waals surface area contributed by atoms with Gasteiger partial charge in [-0.05, 0) is 36.6 Å². The lowest BCUT2D eigenvalue weighted by Gasteiger charge is -2.05. The van der Waals surface area contributed by atoms with Crippen molar-refractivity contribution in [1.82, 2.24) is 15.0 Å². The number of sulfone groups is 1. The highest BCUT2D eigenvalue weighted by atomic mass is 32.2. The van der Waals surface area contributed by atoms with Gasteiger partial charge < -0.3 is 9.72 Å². The Balaban J connectivity index is 1.67. The molecule has 0 saturated heterocycles. The molecule has 0 aliphatic heterocycles. The van der Waals surface area contributed by atoms with Crippen LogP contribution in [0.1, 0.15) is 12.8 Å². The number of pyridine rings is 1. The van der Waals surface area contributed by atoms with Gasteiger partial charge in [0, 0.05) is 18.0 Å². The summed E-state index contributed by atoms with van der Waals surface area (Å²) in [5.41, 5.74) is 2.86. The number of rotatable bonds is 4. The molecule has 1 aliphatic carbocycles. The number of imidazole rings is 1. The van der Waals surface area contributed by atoms with Gasteiger partial charge in [0.25, 0.3) is 0 Å². The highest BCUT2D eigenvalue weighted by Gasteiger charge is 2.23. The summed E-state index contributed by atoms with van der Waals surface area (Å²) in [6.07, 6.45) is 5.43. The zero-order valence-electron chi connectivity index (χ0n) is 12.5. The minimum absolute atomic E-state index is 0.0645. The van der Waals surface area contributed by atoms with Crippen LogP contribution in [0.25, 0.3) is 22.3 Å². The number of nitrogens with zero attached hydrogens (tertiary/aromatic N) is 2. The summed E-state index contributed by atoms with van der Waals surface area (Å²) < 4.78 is 28.8. The van der Waals surface area contributed by atoms with E-state index in [1.807, 2.05) is 30.3 Å². The first-order valence-corrected chi connectivity index (χ1v) is 9.21. The van der Waals surface area contributed by atoms with Gasteiger partial charge in [0.05, 0.1) is 11.6 Å². The number of fused-ring (bicyclic) bond motifs is 1. The number of benzene rings is 1. The van der Waals surface area contributed by atoms with Gasteiger partial charge in [-0.2, -0.15) is 4.98 Å². The number of hydrogen-bond acceptors (Lipinski definition) is 5. The molecule has 1 saturated carbocycles. The van der Waals surface area contributed by atoms with Crippen LogP contribution in [0.3, 0.4) is 0 Å². The zero-order valence-corrected chi connectivity index (χ0v) is 13.3. The van der Waals surface area contributed by atoms with Gasteiger partial charge in [0.15, 0.2) is 5.65 Å². The summed E-state index contributed by atoms with van der Waals surface area (Å²) in [6, 6.07) is 9.66. The van der Waals surface area contributed by atoms with Crippen molar-refractivity contribution >= 4 is 21.0 Å². The molecule has 1 N–H and O–H groups in total. The molecular weight excluding hydrogens is 314 g/mol. The van der Waals surface area contributed by atoms with E-state index < -0.39 is 9.84 Å². The molecule has 0 bridgehead atoms. The average molecular weight is 329 g/mol. The van der Waals surface area contributed by atoms with Crippen molar-refractivity contribution in [2.75, 3.05) is 6.26 Å². The first-order valence-electron chi connectivity index (χ1n) is 7.32. The normalized spacial score (nSPS) is 15.0. The topological polar surface area (TPSA) is 84.9 Å². The Kier molecular flexibility index (Phi) is 3.12. The van der Waals surface area contributed by atoms with Crippen LogP contribution in [0, 0.1) is 0 Å². The fraction of sp³-hybridized carbons (Fsp3) is 0.250. The van der Waals surface area contributed by atoms with Gasteiger partial charge in [0.2, 0.25) is 15.0 Å². The van der Waals surface area contributed by atoms with Crippen molar-refractivity contribution in [2.45, 2.75) is 24.1 Å². The predicted octanol–water partition coefficient (Wildman–Crippen LogP) is 2.57. The van der Waals surface area contributed by atoms with Gasteiger partial charge >= 0.3 is 0 Å². The Morgan fingerprint density at radius 1 is 1.17 bits per heavy atom. The summed E-state index contributed by atoms with van der Waals surface area (Å²) >= 11 is 0. The number of hydrogen-bond donors (Lipinski definition) is 1. The van der Waals surface area contributed by atoms with E-state index >= 15 is 0 Å². The predicted molar refractivity (Wildman–Crippen MR) is 86.1 cm³/mol. The number of aromatic nitrogens is 3. The van der Waals surface area contributed by atoms with E-state index in [9.17, 15) is 8.42 Å². The van der Waals surface area contributed by atoms with Gasteiger partial charge in [0.1, 0.15) is 5.75 Å². The monoisotopic (exact) mass is 329 g/mol. The van der Waals surface area contributed by atoms with Crippen molar-refractivity contribution < 1.29 is 13.2 Å². The van der Waals surface area contributed by atoms with Crippen LogP contribution in [-0.4, -0.2) is 35.7 Å². The van der Waals surface area contributed by atoms with Crippen molar-refractivity contribution in [3.05, 3.63) is 36.5 Å². The van der Waals surface area contributed by atoms with E-state index in [0.29, 0.717) is 17.3 Å². The van der Waals surface area contributed by atoms with Crippen LogP contribution in [-0.2, 0) is 9.84 Å². The van der Waals surface area contributed by atoms with Gasteiger partial charge in [-0.3, -0.25) is 0 Å². The largest absolute Gasteiger partial charge is 0.490 e. The van der Waals surface area contributed by atoms with Crippen LogP contribution >= 0.6 is 0 Å². The summed E-state index contributed by atoms with van der Waals surface area (Å²) in [4.78, 5) is 11.0. The smallest absolute Gasteiger partial charge is 0.227 e. The maximum Gasteiger partial charge on any atom is 0.227 e. The van der Waals surface area contributed by atoms with Crippen LogP contribution in [0.5, 0.6) is 5.75 Å². The molecule has 0 unspecified atom stereocenters. The van der Waals surface area contributed by atoms with Crippen molar-refractivity contribution in [1.29, 1.82) is 0 Å². The molecule has 1 aliphatic rings. The lowest BCUT2D eigenvalue weighted by molar-refractivity contribution is 0.303. The molecule has 7 heteroatoms. The molecule has 23 heavy (non-hydrogen) atoms. The van der Waals surface area contributed by atoms with E-state index in [2.05, 4.69) is 15.0 Å². The highest BCUT2D eigenvalue weighted by molar-refractivity contribution is 7.90. The van der Waals surface area contributed by atoms with Crippen LogP contribution in [0.4, 0.5) is 0 Å². The Hall–Kier alpha value is -2.41. The SMILES string of the molecule is CS(=O)(=O)c1nc2ncc(-c3ccc(OC4CC4)cc3)cc2[nH]1.